The van der Waals surface area contributed by atoms with E-state index in [4.69, 9.17) is 28.6 Å². The topological polar surface area (TPSA) is 33.3 Å². The third-order valence-electron chi connectivity index (χ3n) is 2.18. The van der Waals surface area contributed by atoms with Crippen LogP contribution in [0.4, 0.5) is 0 Å². The number of thiophene rings is 1. The van der Waals surface area contributed by atoms with Crippen molar-refractivity contribution in [2.45, 2.75) is 19.4 Å². The first-order valence-corrected chi connectivity index (χ1v) is 7.02. The number of hydrogen-bond acceptors (Lipinski definition) is 3. The van der Waals surface area contributed by atoms with Gasteiger partial charge in [0.2, 0.25) is 0 Å². The van der Waals surface area contributed by atoms with Gasteiger partial charge in [-0.3, -0.25) is 0 Å². The summed E-state index contributed by atoms with van der Waals surface area (Å²) in [6.07, 6.45) is 0.942. The molecule has 1 unspecified atom stereocenters. The quantitative estimate of drug-likeness (QED) is 0.624. The molecule has 0 bridgehead atoms. The highest BCUT2D eigenvalue weighted by Crippen LogP contribution is 2.26. The Labute approximate surface area is 117 Å². The van der Waals surface area contributed by atoms with Crippen molar-refractivity contribution in [3.05, 3.63) is 21.3 Å². The van der Waals surface area contributed by atoms with Crippen LogP contribution in [0.5, 0.6) is 0 Å². The summed E-state index contributed by atoms with van der Waals surface area (Å²) in [7, 11) is 1.69. The minimum absolute atomic E-state index is 0.176. The van der Waals surface area contributed by atoms with E-state index in [0.717, 1.165) is 23.9 Å². The lowest BCUT2D eigenvalue weighted by Crippen LogP contribution is -2.37. The van der Waals surface area contributed by atoms with Crippen molar-refractivity contribution in [1.82, 2.24) is 10.6 Å². The number of hydrogen-bond donors (Lipinski definition) is 2. The fourth-order valence-corrected chi connectivity index (χ4v) is 2.64. The van der Waals surface area contributed by atoms with Gasteiger partial charge in [-0.05, 0) is 37.7 Å². The summed E-state index contributed by atoms with van der Waals surface area (Å²) in [5, 5.41) is 7.02. The van der Waals surface area contributed by atoms with Crippen LogP contribution in [0, 0.1) is 0 Å². The van der Waals surface area contributed by atoms with Crippen molar-refractivity contribution >= 4 is 40.3 Å². The van der Waals surface area contributed by atoms with Crippen LogP contribution >= 0.6 is 35.2 Å². The third-order valence-corrected chi connectivity index (χ3v) is 3.86. The van der Waals surface area contributed by atoms with Gasteiger partial charge in [-0.25, -0.2) is 0 Å². The number of halogens is 1. The average Bonchev–Trinajstić information content (AvgIpc) is 2.71. The molecule has 1 aromatic heterocycles. The third kappa shape index (κ3) is 5.68. The zero-order valence-electron chi connectivity index (χ0n) is 9.96. The summed E-state index contributed by atoms with van der Waals surface area (Å²) >= 11 is 12.6. The maximum atomic E-state index is 5.89. The van der Waals surface area contributed by atoms with Crippen LogP contribution in [0.3, 0.4) is 0 Å². The summed E-state index contributed by atoms with van der Waals surface area (Å²) in [6, 6.07) is 4.09. The molecule has 3 nitrogen and oxygen atoms in total. The molecule has 17 heavy (non-hydrogen) atoms. The predicted molar refractivity (Wildman–Crippen MR) is 78.0 cm³/mol. The molecule has 2 N–H and O–H groups in total. The van der Waals surface area contributed by atoms with Crippen molar-refractivity contribution in [2.75, 3.05) is 20.3 Å². The van der Waals surface area contributed by atoms with E-state index in [1.54, 1.807) is 18.4 Å². The molecule has 6 heteroatoms. The summed E-state index contributed by atoms with van der Waals surface area (Å²) in [4.78, 5) is 1.18. The van der Waals surface area contributed by atoms with Crippen LogP contribution < -0.4 is 10.6 Å². The van der Waals surface area contributed by atoms with E-state index in [1.165, 1.54) is 4.88 Å². The van der Waals surface area contributed by atoms with E-state index in [2.05, 4.69) is 17.6 Å². The second-order valence-corrected chi connectivity index (χ2v) is 5.77. The summed E-state index contributed by atoms with van der Waals surface area (Å²) in [5.41, 5.74) is 0. The number of rotatable bonds is 6. The van der Waals surface area contributed by atoms with Crippen LogP contribution in [0.25, 0.3) is 0 Å². The maximum absolute atomic E-state index is 5.89. The van der Waals surface area contributed by atoms with Gasteiger partial charge in [-0.15, -0.1) is 11.3 Å². The molecule has 1 atom stereocenters. The predicted octanol–water partition coefficient (Wildman–Crippen LogP) is 2.96. The first-order valence-electron chi connectivity index (χ1n) is 5.42. The van der Waals surface area contributed by atoms with E-state index in [9.17, 15) is 0 Å². The highest BCUT2D eigenvalue weighted by Gasteiger charge is 2.08. The Morgan fingerprint density at radius 1 is 1.59 bits per heavy atom. The van der Waals surface area contributed by atoms with E-state index in [-0.39, 0.29) is 6.04 Å². The van der Waals surface area contributed by atoms with Gasteiger partial charge in [0.1, 0.15) is 0 Å². The van der Waals surface area contributed by atoms with Gasteiger partial charge < -0.3 is 15.4 Å². The molecular weight excluding hydrogens is 276 g/mol. The van der Waals surface area contributed by atoms with Crippen molar-refractivity contribution < 1.29 is 4.74 Å². The van der Waals surface area contributed by atoms with Gasteiger partial charge in [-0.1, -0.05) is 11.6 Å². The Balaban J connectivity index is 2.26. The summed E-state index contributed by atoms with van der Waals surface area (Å²) < 4.78 is 5.76. The van der Waals surface area contributed by atoms with Crippen LogP contribution in [0.1, 0.15) is 24.3 Å². The molecule has 0 aliphatic rings. The van der Waals surface area contributed by atoms with Crippen molar-refractivity contribution in [2.24, 2.45) is 0 Å². The summed E-state index contributed by atoms with van der Waals surface area (Å²) in [6.45, 7) is 3.62. The van der Waals surface area contributed by atoms with Gasteiger partial charge in [0, 0.05) is 25.1 Å². The Kier molecular flexibility index (Phi) is 6.80. The summed E-state index contributed by atoms with van der Waals surface area (Å²) in [5.74, 6) is 0. The van der Waals surface area contributed by atoms with Crippen molar-refractivity contribution in [3.63, 3.8) is 0 Å². The lowest BCUT2D eigenvalue weighted by molar-refractivity contribution is 0.195. The molecule has 0 aromatic carbocycles. The van der Waals surface area contributed by atoms with Crippen LogP contribution in [-0.2, 0) is 4.74 Å². The SMILES string of the molecule is COCCCNC(=S)NC(C)c1ccc(Cl)s1. The molecule has 0 aliphatic carbocycles. The smallest absolute Gasteiger partial charge is 0.166 e. The van der Waals surface area contributed by atoms with Gasteiger partial charge in [0.15, 0.2) is 5.11 Å². The van der Waals surface area contributed by atoms with E-state index in [0.29, 0.717) is 5.11 Å². The highest BCUT2D eigenvalue weighted by molar-refractivity contribution is 7.80. The first kappa shape index (κ1) is 14.7. The van der Waals surface area contributed by atoms with Crippen LogP contribution in [0.2, 0.25) is 4.34 Å². The normalized spacial score (nSPS) is 12.2. The number of methoxy groups -OCH3 is 1. The molecule has 0 saturated heterocycles. The fourth-order valence-electron chi connectivity index (χ4n) is 1.30. The Morgan fingerprint density at radius 3 is 2.94 bits per heavy atom. The van der Waals surface area contributed by atoms with Crippen molar-refractivity contribution in [3.8, 4) is 0 Å². The second kappa shape index (κ2) is 7.87. The molecule has 0 aliphatic heterocycles. The standard InChI is InChI=1S/C11H17ClN2OS2/c1-8(9-4-5-10(12)17-9)14-11(16)13-6-3-7-15-2/h4-5,8H,3,6-7H2,1-2H3,(H2,13,14,16). The molecule has 0 fully saturated rings. The fraction of sp³-hybridized carbons (Fsp3) is 0.545. The van der Waals surface area contributed by atoms with Gasteiger partial charge in [-0.2, -0.15) is 0 Å². The number of ether oxygens (including phenoxy) is 1. The molecule has 96 valence electrons. The largest absolute Gasteiger partial charge is 0.385 e. The zero-order chi connectivity index (χ0) is 12.7. The number of thiocarbonyl (C=S) groups is 1. The number of nitrogens with one attached hydrogen (secondary N) is 2. The molecule has 1 aromatic rings. The van der Waals surface area contributed by atoms with Gasteiger partial charge in [0.25, 0.3) is 0 Å². The molecule has 0 amide bonds. The highest BCUT2D eigenvalue weighted by atomic mass is 35.5. The molecule has 1 heterocycles. The van der Waals surface area contributed by atoms with Crippen molar-refractivity contribution in [1.29, 1.82) is 0 Å². The first-order chi connectivity index (χ1) is 8.13. The molecule has 0 spiro atoms. The zero-order valence-corrected chi connectivity index (χ0v) is 12.3. The van der Waals surface area contributed by atoms with E-state index < -0.39 is 0 Å². The minimum Gasteiger partial charge on any atom is -0.385 e. The second-order valence-electron chi connectivity index (χ2n) is 3.61. The maximum Gasteiger partial charge on any atom is 0.166 e. The Hall–Kier alpha value is -0.360. The minimum atomic E-state index is 0.176. The molecule has 1 rings (SSSR count). The monoisotopic (exact) mass is 292 g/mol. The lowest BCUT2D eigenvalue weighted by Gasteiger charge is -2.15. The molecular formula is C11H17ClN2OS2. The van der Waals surface area contributed by atoms with Gasteiger partial charge >= 0.3 is 0 Å². The van der Waals surface area contributed by atoms with Crippen LogP contribution in [-0.4, -0.2) is 25.4 Å². The Bertz CT molecular complexity index is 357. The lowest BCUT2D eigenvalue weighted by atomic mass is 10.3. The van der Waals surface area contributed by atoms with E-state index in [1.807, 2.05) is 12.1 Å². The van der Waals surface area contributed by atoms with E-state index >= 15 is 0 Å². The average molecular weight is 293 g/mol. The van der Waals surface area contributed by atoms with Crippen LogP contribution in [0.15, 0.2) is 12.1 Å². The molecule has 0 radical (unpaired) electrons. The van der Waals surface area contributed by atoms with Gasteiger partial charge in [0.05, 0.1) is 10.4 Å². The molecule has 0 saturated carbocycles. The Morgan fingerprint density at radius 2 is 2.35 bits per heavy atom.